The van der Waals surface area contributed by atoms with Gasteiger partial charge in [0.05, 0.1) is 0 Å². The minimum absolute atomic E-state index is 1.16. The van der Waals surface area contributed by atoms with Gasteiger partial charge in [-0.05, 0) is 25.0 Å². The van der Waals surface area contributed by atoms with Crippen molar-refractivity contribution >= 4 is 43.1 Å². The van der Waals surface area contributed by atoms with Crippen molar-refractivity contribution in [1.82, 2.24) is 0 Å². The largest absolute Gasteiger partial charge is 0.225 e. The summed E-state index contributed by atoms with van der Waals surface area (Å²) in [6, 6.07) is 17.4. The van der Waals surface area contributed by atoms with Gasteiger partial charge in [0.15, 0.2) is 0 Å². The molecule has 2 aromatic heterocycles. The molecule has 0 unspecified atom stereocenters. The first-order chi connectivity index (χ1) is 13.4. The molecule has 140 valence electrons. The molecule has 4 rings (SSSR count). The van der Waals surface area contributed by atoms with Gasteiger partial charge in [-0.2, -0.15) is 9.13 Å². The summed E-state index contributed by atoms with van der Waals surface area (Å²) in [6.45, 7) is 2.32. The van der Waals surface area contributed by atoms with Crippen LogP contribution >= 0.6 is 22.7 Å². The first-order valence-corrected chi connectivity index (χ1v) is 11.9. The van der Waals surface area contributed by atoms with E-state index in [1.807, 2.05) is 22.7 Å². The maximum absolute atomic E-state index is 2.42. The molecule has 0 fully saturated rings. The Bertz CT molecular complexity index is 906. The Morgan fingerprint density at radius 1 is 0.519 bits per heavy atom. The lowest BCUT2D eigenvalue weighted by molar-refractivity contribution is -0.667. The number of hydrogen-bond acceptors (Lipinski definition) is 2. The quantitative estimate of drug-likeness (QED) is 0.225. The number of aromatic nitrogens is 2. The minimum Gasteiger partial charge on any atom is -0.188 e. The zero-order valence-electron chi connectivity index (χ0n) is 15.8. The smallest absolute Gasteiger partial charge is 0.188 e. The van der Waals surface area contributed by atoms with Crippen LogP contribution < -0.4 is 9.13 Å². The van der Waals surface area contributed by atoms with Gasteiger partial charge in [-0.1, -0.05) is 66.2 Å². The number of hydrogen-bond donors (Lipinski definition) is 0. The zero-order chi connectivity index (χ0) is 18.3. The Morgan fingerprint density at radius 3 is 1.41 bits per heavy atom. The molecule has 0 bridgehead atoms. The molecule has 0 N–H and O–H groups in total. The molecule has 0 aliphatic rings. The van der Waals surface area contributed by atoms with Gasteiger partial charge in [0, 0.05) is 25.0 Å². The van der Waals surface area contributed by atoms with Gasteiger partial charge in [0.1, 0.15) is 22.5 Å². The lowest BCUT2D eigenvalue weighted by Crippen LogP contribution is -2.31. The molecule has 0 radical (unpaired) electrons. The standard InChI is InChI=1S/C23H28N2S2/c1(2-4-10-16-24-18-26-22-14-8-6-12-20(22)24)3-5-11-17-25-19-27-23-15-9-7-13-21(23)25/h6-9,12-15,18-19H,1-5,10-11,16-17H2/q+2. The van der Waals surface area contributed by atoms with Crippen molar-refractivity contribution in [1.29, 1.82) is 0 Å². The highest BCUT2D eigenvalue weighted by Crippen LogP contribution is 2.17. The molecule has 2 heterocycles. The Morgan fingerprint density at radius 2 is 0.926 bits per heavy atom. The predicted molar refractivity (Wildman–Crippen MR) is 116 cm³/mol. The molecule has 0 spiro atoms. The van der Waals surface area contributed by atoms with Crippen LogP contribution in [0.3, 0.4) is 0 Å². The Kier molecular flexibility index (Phi) is 6.49. The van der Waals surface area contributed by atoms with Crippen molar-refractivity contribution in [3.8, 4) is 0 Å². The number of thiazole rings is 2. The maximum atomic E-state index is 2.42. The fraction of sp³-hybridized carbons (Fsp3) is 0.391. The Balaban J connectivity index is 1.09. The van der Waals surface area contributed by atoms with E-state index in [1.54, 1.807) is 0 Å². The molecule has 0 aliphatic heterocycles. The summed E-state index contributed by atoms with van der Waals surface area (Å²) in [4.78, 5) is 0. The van der Waals surface area contributed by atoms with E-state index in [-0.39, 0.29) is 0 Å². The van der Waals surface area contributed by atoms with Gasteiger partial charge in [0.25, 0.3) is 0 Å². The van der Waals surface area contributed by atoms with Crippen molar-refractivity contribution in [3.63, 3.8) is 0 Å². The highest BCUT2D eigenvalue weighted by molar-refractivity contribution is 7.16. The fourth-order valence-corrected chi connectivity index (χ4v) is 5.58. The number of fused-ring (bicyclic) bond motifs is 2. The molecule has 0 atom stereocenters. The number of nitrogens with zero attached hydrogens (tertiary/aromatic N) is 2. The van der Waals surface area contributed by atoms with E-state index in [9.17, 15) is 0 Å². The average Bonchev–Trinajstić information content (AvgIpc) is 3.31. The van der Waals surface area contributed by atoms with E-state index in [0.29, 0.717) is 0 Å². The van der Waals surface area contributed by atoms with E-state index in [4.69, 9.17) is 0 Å². The second-order valence-corrected chi connectivity index (χ2v) is 9.02. The topological polar surface area (TPSA) is 7.76 Å². The molecular weight excluding hydrogens is 368 g/mol. The molecular formula is C23H28N2S2+2. The third-order valence-electron chi connectivity index (χ3n) is 5.26. The minimum atomic E-state index is 1.16. The van der Waals surface area contributed by atoms with E-state index in [2.05, 4.69) is 68.7 Å². The van der Waals surface area contributed by atoms with Gasteiger partial charge >= 0.3 is 0 Å². The number of rotatable bonds is 10. The summed E-state index contributed by atoms with van der Waals surface area (Å²) in [5, 5.41) is 0. The summed E-state index contributed by atoms with van der Waals surface area (Å²) >= 11 is 3.70. The van der Waals surface area contributed by atoms with Crippen LogP contribution in [0.25, 0.3) is 20.4 Å². The van der Waals surface area contributed by atoms with Crippen molar-refractivity contribution in [2.45, 2.75) is 58.0 Å². The average molecular weight is 397 g/mol. The lowest BCUT2D eigenvalue weighted by Gasteiger charge is -2.00. The third-order valence-corrected chi connectivity index (χ3v) is 7.18. The van der Waals surface area contributed by atoms with E-state index >= 15 is 0 Å². The number of para-hydroxylation sites is 2. The Labute approximate surface area is 169 Å². The fourth-order valence-electron chi connectivity index (χ4n) is 3.74. The number of aryl methyl sites for hydroxylation is 2. The molecule has 4 aromatic rings. The van der Waals surface area contributed by atoms with Crippen LogP contribution in [0.15, 0.2) is 59.6 Å². The van der Waals surface area contributed by atoms with Crippen LogP contribution in [0.5, 0.6) is 0 Å². The summed E-state index contributed by atoms with van der Waals surface area (Å²) in [7, 11) is 0. The lowest BCUT2D eigenvalue weighted by atomic mass is 10.1. The predicted octanol–water partition coefficient (Wildman–Crippen LogP) is 6.12. The third kappa shape index (κ3) is 4.74. The molecule has 0 saturated carbocycles. The van der Waals surface area contributed by atoms with Crippen molar-refractivity contribution in [2.24, 2.45) is 0 Å². The van der Waals surface area contributed by atoms with Gasteiger partial charge < -0.3 is 0 Å². The summed E-state index contributed by atoms with van der Waals surface area (Å²) in [6.07, 6.45) is 9.41. The van der Waals surface area contributed by atoms with E-state index < -0.39 is 0 Å². The second-order valence-electron chi connectivity index (χ2n) is 7.24. The molecule has 27 heavy (non-hydrogen) atoms. The molecule has 0 aliphatic carbocycles. The first-order valence-electron chi connectivity index (χ1n) is 10.1. The molecule has 2 nitrogen and oxygen atoms in total. The normalized spacial score (nSPS) is 11.6. The second kappa shape index (κ2) is 9.43. The monoisotopic (exact) mass is 396 g/mol. The van der Waals surface area contributed by atoms with Crippen molar-refractivity contribution in [3.05, 3.63) is 59.6 Å². The van der Waals surface area contributed by atoms with Crippen LogP contribution in [-0.4, -0.2) is 0 Å². The molecule has 0 amide bonds. The summed E-state index contributed by atoms with van der Waals surface area (Å²) in [5.74, 6) is 0. The van der Waals surface area contributed by atoms with Gasteiger partial charge in [-0.3, -0.25) is 0 Å². The van der Waals surface area contributed by atoms with Crippen LogP contribution in [0.2, 0.25) is 0 Å². The van der Waals surface area contributed by atoms with Crippen molar-refractivity contribution < 1.29 is 9.13 Å². The first kappa shape index (κ1) is 18.6. The molecule has 4 heteroatoms. The number of benzene rings is 2. The van der Waals surface area contributed by atoms with Crippen LogP contribution in [-0.2, 0) is 13.1 Å². The van der Waals surface area contributed by atoms with E-state index in [0.717, 1.165) is 13.1 Å². The number of unbranched alkanes of at least 4 members (excludes halogenated alkanes) is 6. The molecule has 2 aromatic carbocycles. The molecule has 0 saturated heterocycles. The van der Waals surface area contributed by atoms with Gasteiger partial charge in [0.2, 0.25) is 22.1 Å². The maximum Gasteiger partial charge on any atom is 0.225 e. The Hall–Kier alpha value is -1.78. The zero-order valence-corrected chi connectivity index (χ0v) is 17.5. The van der Waals surface area contributed by atoms with Crippen molar-refractivity contribution in [2.75, 3.05) is 0 Å². The summed E-state index contributed by atoms with van der Waals surface area (Å²) < 4.78 is 7.63. The van der Waals surface area contributed by atoms with Gasteiger partial charge in [-0.15, -0.1) is 0 Å². The van der Waals surface area contributed by atoms with Crippen LogP contribution in [0, 0.1) is 0 Å². The van der Waals surface area contributed by atoms with Gasteiger partial charge in [-0.25, -0.2) is 0 Å². The van der Waals surface area contributed by atoms with Crippen LogP contribution in [0.1, 0.15) is 44.9 Å². The summed E-state index contributed by atoms with van der Waals surface area (Å²) in [5.41, 5.74) is 7.33. The van der Waals surface area contributed by atoms with E-state index in [1.165, 1.54) is 65.4 Å². The highest BCUT2D eigenvalue weighted by atomic mass is 32.1. The van der Waals surface area contributed by atoms with Crippen LogP contribution in [0.4, 0.5) is 0 Å². The highest BCUT2D eigenvalue weighted by Gasteiger charge is 2.11. The SMILES string of the molecule is c1ccc2c(c1)sc[n+]2CCCCCCCCC[n+]1csc2ccccc21.